The highest BCUT2D eigenvalue weighted by Gasteiger charge is 2.14. The van der Waals surface area contributed by atoms with Gasteiger partial charge in [0.05, 0.1) is 5.69 Å². The number of benzene rings is 2. The minimum absolute atomic E-state index is 0.223. The summed E-state index contributed by atoms with van der Waals surface area (Å²) >= 11 is 6.28. The largest absolute Gasteiger partial charge is 0.489 e. The molecule has 3 rings (SSSR count). The Balaban J connectivity index is 1.94. The zero-order chi connectivity index (χ0) is 16.4. The molecule has 0 aliphatic heterocycles. The number of aryl methyl sites for hydroxylation is 2. The van der Waals surface area contributed by atoms with Crippen molar-refractivity contribution in [3.8, 4) is 11.4 Å². The third-order valence-electron chi connectivity index (χ3n) is 3.45. The van der Waals surface area contributed by atoms with Crippen molar-refractivity contribution in [3.05, 3.63) is 69.1 Å². The van der Waals surface area contributed by atoms with Crippen LogP contribution in [-0.2, 0) is 13.7 Å². The van der Waals surface area contributed by atoms with Gasteiger partial charge in [0.1, 0.15) is 12.4 Å². The molecule has 0 unspecified atom stereocenters. The Kier molecular flexibility index (Phi) is 4.16. The lowest BCUT2D eigenvalue weighted by Crippen LogP contribution is -2.23. The first-order chi connectivity index (χ1) is 11.1. The summed E-state index contributed by atoms with van der Waals surface area (Å²) in [5, 5.41) is 8.09. The van der Waals surface area contributed by atoms with Crippen molar-refractivity contribution in [1.29, 1.82) is 0 Å². The number of nitrogens with zero attached hydrogens (tertiary/aromatic N) is 4. The molecular weight excluding hydrogens is 316 g/mol. The molecule has 0 atom stereocenters. The molecule has 0 bridgehead atoms. The van der Waals surface area contributed by atoms with Crippen LogP contribution in [0.4, 0.5) is 0 Å². The van der Waals surface area contributed by atoms with Gasteiger partial charge in [-0.1, -0.05) is 35.4 Å². The molecule has 0 spiro atoms. The third kappa shape index (κ3) is 3.12. The fourth-order valence-electron chi connectivity index (χ4n) is 2.14. The summed E-state index contributed by atoms with van der Waals surface area (Å²) in [5.74, 6) is 0.730. The van der Waals surface area contributed by atoms with Crippen LogP contribution in [0.3, 0.4) is 0 Å². The average molecular weight is 331 g/mol. The van der Waals surface area contributed by atoms with Gasteiger partial charge >= 0.3 is 5.69 Å². The molecule has 6 nitrogen and oxygen atoms in total. The van der Waals surface area contributed by atoms with Gasteiger partial charge in [-0.3, -0.25) is 0 Å². The Labute approximate surface area is 137 Å². The summed E-state index contributed by atoms with van der Waals surface area (Å²) in [6, 6.07) is 13.0. The van der Waals surface area contributed by atoms with Crippen LogP contribution < -0.4 is 10.4 Å². The maximum atomic E-state index is 12.1. The van der Waals surface area contributed by atoms with Gasteiger partial charge in [0.25, 0.3) is 0 Å². The van der Waals surface area contributed by atoms with Crippen molar-refractivity contribution in [1.82, 2.24) is 19.8 Å². The normalized spacial score (nSPS) is 10.7. The van der Waals surface area contributed by atoms with Gasteiger partial charge < -0.3 is 4.74 Å². The molecule has 7 heteroatoms. The fourth-order valence-corrected chi connectivity index (χ4v) is 2.37. The highest BCUT2D eigenvalue weighted by Crippen LogP contribution is 2.24. The Hall–Kier alpha value is -2.60. The second kappa shape index (κ2) is 6.26. The molecule has 0 saturated carbocycles. The number of aromatic nitrogens is 4. The summed E-state index contributed by atoms with van der Waals surface area (Å²) in [5.41, 5.74) is 2.05. The van der Waals surface area contributed by atoms with Crippen LogP contribution in [0.2, 0.25) is 5.02 Å². The third-order valence-corrected chi connectivity index (χ3v) is 3.80. The first-order valence-electron chi connectivity index (χ1n) is 7.02. The summed E-state index contributed by atoms with van der Waals surface area (Å²) < 4.78 is 8.15. The van der Waals surface area contributed by atoms with Crippen molar-refractivity contribution in [2.24, 2.45) is 7.05 Å². The molecule has 0 aliphatic carbocycles. The predicted molar refractivity (Wildman–Crippen MR) is 87.1 cm³/mol. The van der Waals surface area contributed by atoms with Crippen molar-refractivity contribution in [2.45, 2.75) is 13.5 Å². The highest BCUT2D eigenvalue weighted by molar-refractivity contribution is 6.31. The molecule has 0 aliphatic rings. The Morgan fingerprint density at radius 2 is 1.87 bits per heavy atom. The van der Waals surface area contributed by atoms with Crippen LogP contribution in [0.15, 0.2) is 47.3 Å². The zero-order valence-electron chi connectivity index (χ0n) is 12.7. The lowest BCUT2D eigenvalue weighted by Gasteiger charge is -2.12. The Morgan fingerprint density at radius 3 is 2.52 bits per heavy atom. The van der Waals surface area contributed by atoms with Gasteiger partial charge in [0.15, 0.2) is 0 Å². The summed E-state index contributed by atoms with van der Waals surface area (Å²) in [6.07, 6.45) is 0. The van der Waals surface area contributed by atoms with Crippen molar-refractivity contribution in [3.63, 3.8) is 0 Å². The standard InChI is InChI=1S/C16H15ClN4O2/c1-11-6-8-12(9-7-11)23-10-13-14(17)4-3-5-15(13)21-16(22)20(2)18-19-21/h3-9H,10H2,1-2H3. The van der Waals surface area contributed by atoms with Gasteiger partial charge in [-0.05, 0) is 41.6 Å². The van der Waals surface area contributed by atoms with Crippen molar-refractivity contribution in [2.75, 3.05) is 0 Å². The van der Waals surface area contributed by atoms with E-state index in [4.69, 9.17) is 16.3 Å². The maximum Gasteiger partial charge on any atom is 0.368 e. The van der Waals surface area contributed by atoms with Crippen LogP contribution in [0.5, 0.6) is 5.75 Å². The van der Waals surface area contributed by atoms with Gasteiger partial charge in [0.2, 0.25) is 0 Å². The van der Waals surface area contributed by atoms with Crippen molar-refractivity contribution < 1.29 is 4.74 Å². The smallest absolute Gasteiger partial charge is 0.368 e. The molecule has 0 fully saturated rings. The zero-order valence-corrected chi connectivity index (χ0v) is 13.5. The predicted octanol–water partition coefficient (Wildman–Crippen LogP) is 2.51. The van der Waals surface area contributed by atoms with Crippen molar-refractivity contribution >= 4 is 11.6 Å². The number of halogens is 1. The Morgan fingerprint density at radius 1 is 1.13 bits per heavy atom. The van der Waals surface area contributed by atoms with Gasteiger partial charge in [0, 0.05) is 17.6 Å². The lowest BCUT2D eigenvalue weighted by molar-refractivity contribution is 0.305. The molecule has 3 aromatic rings. The second-order valence-corrected chi connectivity index (χ2v) is 5.54. The number of tetrazole rings is 1. The SMILES string of the molecule is Cc1ccc(OCc2c(Cl)cccc2-n2nnn(C)c2=O)cc1. The molecule has 0 saturated heterocycles. The number of ether oxygens (including phenoxy) is 1. The lowest BCUT2D eigenvalue weighted by atomic mass is 10.2. The topological polar surface area (TPSA) is 61.9 Å². The molecule has 1 aromatic heterocycles. The number of hydrogen-bond acceptors (Lipinski definition) is 4. The van der Waals surface area contributed by atoms with E-state index >= 15 is 0 Å². The van der Waals surface area contributed by atoms with Crippen LogP contribution in [-0.4, -0.2) is 19.8 Å². The number of hydrogen-bond donors (Lipinski definition) is 0. The van der Waals surface area contributed by atoms with E-state index in [1.54, 1.807) is 25.2 Å². The fraction of sp³-hybridized carbons (Fsp3) is 0.188. The average Bonchev–Trinajstić information content (AvgIpc) is 2.87. The molecule has 0 N–H and O–H groups in total. The highest BCUT2D eigenvalue weighted by atomic mass is 35.5. The quantitative estimate of drug-likeness (QED) is 0.737. The van der Waals surface area contributed by atoms with E-state index in [0.29, 0.717) is 16.3 Å². The van der Waals surface area contributed by atoms with E-state index in [9.17, 15) is 4.79 Å². The summed E-state index contributed by atoms with van der Waals surface area (Å²) in [4.78, 5) is 12.1. The Bertz CT molecular complexity index is 884. The van der Waals surface area contributed by atoms with E-state index in [1.807, 2.05) is 31.2 Å². The second-order valence-electron chi connectivity index (χ2n) is 5.14. The minimum atomic E-state index is -0.344. The summed E-state index contributed by atoms with van der Waals surface area (Å²) in [7, 11) is 1.54. The van der Waals surface area contributed by atoms with Crippen LogP contribution in [0, 0.1) is 6.92 Å². The minimum Gasteiger partial charge on any atom is -0.489 e. The van der Waals surface area contributed by atoms with Gasteiger partial charge in [-0.25, -0.2) is 4.79 Å². The first-order valence-corrected chi connectivity index (χ1v) is 7.40. The monoisotopic (exact) mass is 330 g/mol. The molecule has 2 aromatic carbocycles. The molecule has 118 valence electrons. The van der Waals surface area contributed by atoms with Crippen LogP contribution >= 0.6 is 11.6 Å². The molecule has 1 heterocycles. The molecule has 23 heavy (non-hydrogen) atoms. The van der Waals surface area contributed by atoms with Crippen LogP contribution in [0.25, 0.3) is 5.69 Å². The van der Waals surface area contributed by atoms with E-state index < -0.39 is 0 Å². The first kappa shape index (κ1) is 15.3. The maximum absolute atomic E-state index is 12.1. The van der Waals surface area contributed by atoms with Gasteiger partial charge in [-0.15, -0.1) is 0 Å². The summed E-state index contributed by atoms with van der Waals surface area (Å²) in [6.45, 7) is 2.23. The molecule has 0 amide bonds. The van der Waals surface area contributed by atoms with E-state index in [1.165, 1.54) is 4.68 Å². The van der Waals surface area contributed by atoms with E-state index in [0.717, 1.165) is 16.0 Å². The van der Waals surface area contributed by atoms with E-state index in [-0.39, 0.29) is 12.3 Å². The molecular formula is C16H15ClN4O2. The van der Waals surface area contributed by atoms with Crippen LogP contribution in [0.1, 0.15) is 11.1 Å². The molecule has 0 radical (unpaired) electrons. The number of rotatable bonds is 4. The van der Waals surface area contributed by atoms with Gasteiger partial charge in [-0.2, -0.15) is 9.36 Å². The van der Waals surface area contributed by atoms with E-state index in [2.05, 4.69) is 10.4 Å².